The van der Waals surface area contributed by atoms with Crippen molar-refractivity contribution in [3.8, 4) is 0 Å². The first-order chi connectivity index (χ1) is 23.0. The molecule has 0 saturated carbocycles. The number of hydrogen-bond acceptors (Lipinski definition) is 4. The van der Waals surface area contributed by atoms with Crippen LogP contribution in [0.3, 0.4) is 0 Å². The average Bonchev–Trinajstić information content (AvgIpc) is 3.09. The molecule has 11 heteroatoms. The first kappa shape index (κ1) is 34.2. The predicted molar refractivity (Wildman–Crippen MR) is 186 cm³/mol. The first-order valence-corrected chi connectivity index (χ1v) is 16.2. The molecule has 5 aromatic rings. The van der Waals surface area contributed by atoms with E-state index in [1.165, 1.54) is 23.9 Å². The van der Waals surface area contributed by atoms with E-state index in [2.05, 4.69) is 31.9 Å². The summed E-state index contributed by atoms with van der Waals surface area (Å²) in [6.45, 7) is 0. The third-order valence-corrected chi connectivity index (χ3v) is 8.67. The molecule has 0 radical (unpaired) electrons. The molecule has 0 aliphatic rings. The molecule has 5 rings (SSSR count). The maximum Gasteiger partial charge on any atom is 0.416 e. The number of hydrogen-bond donors (Lipinski definition) is 3. The molecule has 3 amide bonds. The van der Waals surface area contributed by atoms with Crippen molar-refractivity contribution in [3.63, 3.8) is 0 Å². The van der Waals surface area contributed by atoms with Crippen molar-refractivity contribution < 1.29 is 27.6 Å². The van der Waals surface area contributed by atoms with Gasteiger partial charge in [0, 0.05) is 26.3 Å². The predicted octanol–water partition coefficient (Wildman–Crippen LogP) is 9.35. The van der Waals surface area contributed by atoms with Crippen LogP contribution in [0.4, 0.5) is 24.5 Å². The molecular weight excluding hydrogens is 703 g/mol. The number of nitrogens with one attached hydrogen (secondary N) is 3. The van der Waals surface area contributed by atoms with Crippen LogP contribution < -0.4 is 16.0 Å². The Balaban J connectivity index is 1.32. The quantitative estimate of drug-likeness (QED) is 0.0988. The lowest BCUT2D eigenvalue weighted by Crippen LogP contribution is -2.30. The average molecular weight is 731 g/mol. The Bertz CT molecular complexity index is 1920. The van der Waals surface area contributed by atoms with Gasteiger partial charge in [0.2, 0.25) is 5.91 Å². The van der Waals surface area contributed by atoms with Crippen molar-refractivity contribution in [2.24, 2.45) is 0 Å². The normalized spacial score (nSPS) is 12.1. The summed E-state index contributed by atoms with van der Waals surface area (Å²) < 4.78 is 40.6. The van der Waals surface area contributed by atoms with Crippen molar-refractivity contribution in [2.45, 2.75) is 16.3 Å². The van der Waals surface area contributed by atoms with Gasteiger partial charge in [-0.3, -0.25) is 14.4 Å². The van der Waals surface area contributed by atoms with E-state index in [4.69, 9.17) is 0 Å². The molecule has 0 aromatic heterocycles. The van der Waals surface area contributed by atoms with E-state index < -0.39 is 34.7 Å². The Kier molecular flexibility index (Phi) is 11.1. The highest BCUT2D eigenvalue weighted by Gasteiger charge is 2.31. The minimum Gasteiger partial charge on any atom is -0.325 e. The highest BCUT2D eigenvalue weighted by molar-refractivity contribution is 9.10. The lowest BCUT2D eigenvalue weighted by Gasteiger charge is -2.18. The van der Waals surface area contributed by atoms with E-state index in [-0.39, 0.29) is 11.4 Å². The molecule has 0 aliphatic carbocycles. The van der Waals surface area contributed by atoms with Gasteiger partial charge in [-0.25, -0.2) is 0 Å². The second-order valence-corrected chi connectivity index (χ2v) is 12.5. The standard InChI is InChI=1S/C37H27BrF3N3O3S/c38-28-16-14-24(15-17-28)22-32(44-34(45)26-10-5-2-6-11-26)35(46)42-29-18-20-31(21-19-29)48-33(25-8-3-1-4-9-25)36(47)43-30-13-7-12-27(23-30)37(39,40)41/h1-23,33H,(H,42,46)(H,43,47)(H,44,45)/b32-22-. The monoisotopic (exact) mass is 729 g/mol. The first-order valence-electron chi connectivity index (χ1n) is 14.5. The van der Waals surface area contributed by atoms with E-state index in [1.807, 2.05) is 12.1 Å². The maximum atomic E-state index is 13.4. The fourth-order valence-corrected chi connectivity index (χ4v) is 5.79. The van der Waals surface area contributed by atoms with Crippen LogP contribution in [0.25, 0.3) is 6.08 Å². The zero-order valence-electron chi connectivity index (χ0n) is 25.0. The Morgan fingerprint density at radius 1 is 0.708 bits per heavy atom. The van der Waals surface area contributed by atoms with Gasteiger partial charge in [0.1, 0.15) is 10.9 Å². The summed E-state index contributed by atoms with van der Waals surface area (Å²) in [6, 6.07) is 35.8. The topological polar surface area (TPSA) is 87.3 Å². The molecule has 5 aromatic carbocycles. The second-order valence-electron chi connectivity index (χ2n) is 10.4. The van der Waals surface area contributed by atoms with Crippen molar-refractivity contribution in [1.82, 2.24) is 5.32 Å². The zero-order valence-corrected chi connectivity index (χ0v) is 27.4. The van der Waals surface area contributed by atoms with Gasteiger partial charge < -0.3 is 16.0 Å². The van der Waals surface area contributed by atoms with Crippen LogP contribution in [-0.2, 0) is 15.8 Å². The Hall–Kier alpha value is -5.13. The molecule has 0 saturated heterocycles. The van der Waals surface area contributed by atoms with Crippen LogP contribution in [0, 0.1) is 0 Å². The van der Waals surface area contributed by atoms with Crippen LogP contribution in [0.5, 0.6) is 0 Å². The van der Waals surface area contributed by atoms with Gasteiger partial charge in [-0.2, -0.15) is 13.2 Å². The number of thioether (sulfide) groups is 1. The molecule has 1 unspecified atom stereocenters. The van der Waals surface area contributed by atoms with E-state index >= 15 is 0 Å². The van der Waals surface area contributed by atoms with Gasteiger partial charge in [0.25, 0.3) is 11.8 Å². The Morgan fingerprint density at radius 3 is 2.00 bits per heavy atom. The fourth-order valence-electron chi connectivity index (χ4n) is 4.50. The number of anilines is 2. The summed E-state index contributed by atoms with van der Waals surface area (Å²) in [6.07, 6.45) is -2.98. The Morgan fingerprint density at radius 2 is 1.35 bits per heavy atom. The van der Waals surface area contributed by atoms with Gasteiger partial charge in [0.15, 0.2) is 0 Å². The van der Waals surface area contributed by atoms with Gasteiger partial charge in [-0.15, -0.1) is 11.8 Å². The number of benzene rings is 5. The number of carbonyl (C=O) groups excluding carboxylic acids is 3. The summed E-state index contributed by atoms with van der Waals surface area (Å²) >= 11 is 4.59. The number of carbonyl (C=O) groups is 3. The minimum absolute atomic E-state index is 0.0278. The molecule has 0 aliphatic heterocycles. The number of amides is 3. The molecule has 0 heterocycles. The SMILES string of the molecule is O=C(Nc1ccc(SC(C(=O)Nc2cccc(C(F)(F)F)c2)c2ccccc2)cc1)/C(=C/c1ccc(Br)cc1)NC(=O)c1ccccc1. The number of halogens is 4. The smallest absolute Gasteiger partial charge is 0.325 e. The fraction of sp³-hybridized carbons (Fsp3) is 0.0541. The van der Waals surface area contributed by atoms with Crippen LogP contribution >= 0.6 is 27.7 Å². The summed E-state index contributed by atoms with van der Waals surface area (Å²) in [7, 11) is 0. The number of rotatable bonds is 10. The summed E-state index contributed by atoms with van der Waals surface area (Å²) in [5, 5.41) is 7.32. The molecule has 48 heavy (non-hydrogen) atoms. The van der Waals surface area contributed by atoms with E-state index in [1.54, 1.807) is 103 Å². The largest absolute Gasteiger partial charge is 0.416 e. The highest BCUT2D eigenvalue weighted by Crippen LogP contribution is 2.37. The van der Waals surface area contributed by atoms with Crippen molar-refractivity contribution in [1.29, 1.82) is 0 Å². The molecule has 1 atom stereocenters. The molecule has 6 nitrogen and oxygen atoms in total. The molecule has 0 fully saturated rings. The van der Waals surface area contributed by atoms with Crippen LogP contribution in [0.2, 0.25) is 0 Å². The molecule has 3 N–H and O–H groups in total. The summed E-state index contributed by atoms with van der Waals surface area (Å²) in [5.41, 5.74) is 1.36. The van der Waals surface area contributed by atoms with Gasteiger partial charge >= 0.3 is 6.18 Å². The van der Waals surface area contributed by atoms with Gasteiger partial charge in [0.05, 0.1) is 5.56 Å². The van der Waals surface area contributed by atoms with Crippen LogP contribution in [0.1, 0.15) is 32.3 Å². The molecular formula is C37H27BrF3N3O3S. The zero-order chi connectivity index (χ0) is 34.1. The Labute approximate surface area is 287 Å². The summed E-state index contributed by atoms with van der Waals surface area (Å²) in [4.78, 5) is 40.4. The maximum absolute atomic E-state index is 13.4. The third kappa shape index (κ3) is 9.46. The third-order valence-electron chi connectivity index (χ3n) is 6.87. The second kappa shape index (κ2) is 15.6. The van der Waals surface area contributed by atoms with Crippen LogP contribution in [-0.4, -0.2) is 17.7 Å². The van der Waals surface area contributed by atoms with E-state index in [0.29, 0.717) is 27.3 Å². The van der Waals surface area contributed by atoms with Gasteiger partial charge in [-0.1, -0.05) is 82.7 Å². The van der Waals surface area contributed by atoms with Crippen molar-refractivity contribution in [2.75, 3.05) is 10.6 Å². The highest BCUT2D eigenvalue weighted by atomic mass is 79.9. The van der Waals surface area contributed by atoms with Crippen molar-refractivity contribution >= 4 is 62.9 Å². The van der Waals surface area contributed by atoms with E-state index in [0.717, 1.165) is 16.6 Å². The van der Waals surface area contributed by atoms with E-state index in [9.17, 15) is 27.6 Å². The van der Waals surface area contributed by atoms with Gasteiger partial charge in [-0.05, 0) is 83.9 Å². The van der Waals surface area contributed by atoms with Crippen LogP contribution in [0.15, 0.2) is 149 Å². The molecule has 242 valence electrons. The minimum atomic E-state index is -4.55. The number of alkyl halides is 3. The lowest BCUT2D eigenvalue weighted by atomic mass is 10.1. The molecule has 0 spiro atoms. The lowest BCUT2D eigenvalue weighted by molar-refractivity contribution is -0.137. The molecule has 0 bridgehead atoms. The van der Waals surface area contributed by atoms with Crippen molar-refractivity contribution in [3.05, 3.63) is 166 Å². The summed E-state index contributed by atoms with van der Waals surface area (Å²) in [5.74, 6) is -1.50.